The van der Waals surface area contributed by atoms with E-state index >= 15 is 0 Å². The van der Waals surface area contributed by atoms with Crippen molar-refractivity contribution < 1.29 is 10.0 Å². The third-order valence-corrected chi connectivity index (χ3v) is 5.61. The molecular formula is C14H19N3O2S. The molecule has 20 heavy (non-hydrogen) atoms. The first-order valence-corrected chi connectivity index (χ1v) is 7.88. The zero-order valence-electron chi connectivity index (χ0n) is 11.3. The summed E-state index contributed by atoms with van der Waals surface area (Å²) < 4.78 is 0. The number of aryl methyl sites for hydroxylation is 2. The average Bonchev–Trinajstić information content (AvgIpc) is 3.12. The van der Waals surface area contributed by atoms with Gasteiger partial charge in [0, 0.05) is 4.88 Å². The Bertz CT molecular complexity index is 537. The fourth-order valence-electron chi connectivity index (χ4n) is 3.24. The Labute approximate surface area is 121 Å². The van der Waals surface area contributed by atoms with Crippen LogP contribution in [0.15, 0.2) is 11.2 Å². The zero-order chi connectivity index (χ0) is 14.2. The molecule has 1 fully saturated rings. The molecule has 4 N–H and O–H groups in total. The second-order valence-corrected chi connectivity index (χ2v) is 6.78. The van der Waals surface area contributed by atoms with Gasteiger partial charge in [-0.15, -0.1) is 11.3 Å². The van der Waals surface area contributed by atoms with Crippen LogP contribution in [0.3, 0.4) is 0 Å². The number of nitrogens with two attached hydrogens (primary N) is 1. The van der Waals surface area contributed by atoms with Gasteiger partial charge in [-0.1, -0.05) is 18.0 Å². The zero-order valence-corrected chi connectivity index (χ0v) is 12.1. The second-order valence-electron chi connectivity index (χ2n) is 5.64. The first kappa shape index (κ1) is 13.4. The van der Waals surface area contributed by atoms with Crippen LogP contribution in [0.2, 0.25) is 0 Å². The van der Waals surface area contributed by atoms with Gasteiger partial charge >= 0.3 is 0 Å². The number of carbonyl (C=O) groups is 1. The SMILES string of the molecule is N/C(=N/O)C1(NC(=O)c2cc3c(s2)CCC3)CCCC1. The number of amides is 1. The van der Waals surface area contributed by atoms with Crippen molar-refractivity contribution in [2.75, 3.05) is 0 Å². The lowest BCUT2D eigenvalue weighted by molar-refractivity contribution is 0.0927. The second kappa shape index (κ2) is 5.09. The van der Waals surface area contributed by atoms with E-state index in [1.165, 1.54) is 16.9 Å². The van der Waals surface area contributed by atoms with Gasteiger partial charge in [0.1, 0.15) is 5.54 Å². The van der Waals surface area contributed by atoms with Crippen LogP contribution in [0.25, 0.3) is 0 Å². The monoisotopic (exact) mass is 293 g/mol. The van der Waals surface area contributed by atoms with E-state index in [2.05, 4.69) is 10.5 Å². The molecule has 0 radical (unpaired) electrons. The molecule has 0 spiro atoms. The van der Waals surface area contributed by atoms with Gasteiger partial charge in [-0.25, -0.2) is 0 Å². The molecule has 0 saturated heterocycles. The molecule has 1 heterocycles. The predicted molar refractivity (Wildman–Crippen MR) is 78.4 cm³/mol. The highest BCUT2D eigenvalue weighted by Gasteiger charge is 2.40. The number of nitrogens with one attached hydrogen (secondary N) is 1. The van der Waals surface area contributed by atoms with Crippen molar-refractivity contribution in [3.05, 3.63) is 21.4 Å². The van der Waals surface area contributed by atoms with E-state index in [1.54, 1.807) is 11.3 Å². The molecule has 5 nitrogen and oxygen atoms in total. The fourth-order valence-corrected chi connectivity index (χ4v) is 4.39. The van der Waals surface area contributed by atoms with Crippen LogP contribution in [0.1, 0.15) is 52.2 Å². The Morgan fingerprint density at radius 2 is 2.10 bits per heavy atom. The van der Waals surface area contributed by atoms with Crippen LogP contribution in [0, 0.1) is 0 Å². The summed E-state index contributed by atoms with van der Waals surface area (Å²) in [5.74, 6) is 0.0188. The number of rotatable bonds is 3. The molecule has 1 saturated carbocycles. The molecule has 0 unspecified atom stereocenters. The van der Waals surface area contributed by atoms with Crippen LogP contribution in [0.4, 0.5) is 0 Å². The van der Waals surface area contributed by atoms with Crippen LogP contribution in [-0.4, -0.2) is 22.5 Å². The average molecular weight is 293 g/mol. The smallest absolute Gasteiger partial charge is 0.262 e. The van der Waals surface area contributed by atoms with Crippen LogP contribution >= 0.6 is 11.3 Å². The van der Waals surface area contributed by atoms with Crippen molar-refractivity contribution in [2.24, 2.45) is 10.9 Å². The Morgan fingerprint density at radius 1 is 1.35 bits per heavy atom. The van der Waals surface area contributed by atoms with Crippen LogP contribution < -0.4 is 11.1 Å². The third-order valence-electron chi connectivity index (χ3n) is 4.38. The van der Waals surface area contributed by atoms with E-state index in [1.807, 2.05) is 6.07 Å². The molecule has 2 aliphatic rings. The number of hydrogen-bond donors (Lipinski definition) is 3. The number of oxime groups is 1. The van der Waals surface area contributed by atoms with Crippen molar-refractivity contribution >= 4 is 23.1 Å². The first-order valence-electron chi connectivity index (χ1n) is 7.07. The summed E-state index contributed by atoms with van der Waals surface area (Å²) in [4.78, 5) is 14.5. The minimum atomic E-state index is -0.666. The van der Waals surface area contributed by atoms with Gasteiger partial charge in [0.2, 0.25) is 0 Å². The van der Waals surface area contributed by atoms with E-state index in [4.69, 9.17) is 10.9 Å². The van der Waals surface area contributed by atoms with Crippen molar-refractivity contribution in [3.63, 3.8) is 0 Å². The summed E-state index contributed by atoms with van der Waals surface area (Å²) in [5, 5.41) is 15.1. The Kier molecular flexibility index (Phi) is 3.41. The lowest BCUT2D eigenvalue weighted by Gasteiger charge is -2.28. The van der Waals surface area contributed by atoms with Gasteiger partial charge in [0.15, 0.2) is 5.84 Å². The van der Waals surface area contributed by atoms with Gasteiger partial charge in [0.05, 0.1) is 4.88 Å². The summed E-state index contributed by atoms with van der Waals surface area (Å²) >= 11 is 1.58. The van der Waals surface area contributed by atoms with Gasteiger partial charge in [0.25, 0.3) is 5.91 Å². The Hall–Kier alpha value is -1.56. The fraction of sp³-hybridized carbons (Fsp3) is 0.571. The minimum absolute atomic E-state index is 0.0992. The van der Waals surface area contributed by atoms with Crippen molar-refractivity contribution in [2.45, 2.75) is 50.5 Å². The lowest BCUT2D eigenvalue weighted by Crippen LogP contribution is -2.55. The van der Waals surface area contributed by atoms with Gasteiger partial charge in [-0.05, 0) is 43.7 Å². The topological polar surface area (TPSA) is 87.7 Å². The molecule has 0 aromatic carbocycles. The minimum Gasteiger partial charge on any atom is -0.409 e. The molecule has 1 aromatic heterocycles. The molecule has 0 bridgehead atoms. The van der Waals surface area contributed by atoms with E-state index < -0.39 is 5.54 Å². The third kappa shape index (κ3) is 2.18. The van der Waals surface area contributed by atoms with Crippen LogP contribution in [-0.2, 0) is 12.8 Å². The Balaban J connectivity index is 1.80. The molecule has 2 aliphatic carbocycles. The summed E-state index contributed by atoms with van der Waals surface area (Å²) in [6, 6.07) is 2.00. The first-order chi connectivity index (χ1) is 9.64. The number of hydrogen-bond acceptors (Lipinski definition) is 4. The van der Waals surface area contributed by atoms with Gasteiger partial charge in [-0.3, -0.25) is 4.79 Å². The summed E-state index contributed by atoms with van der Waals surface area (Å²) in [6.45, 7) is 0. The number of thiophene rings is 1. The maximum absolute atomic E-state index is 12.4. The maximum atomic E-state index is 12.4. The standard InChI is InChI=1S/C14H19N3O2S/c15-13(17-19)14(6-1-2-7-14)16-12(18)11-8-9-4-3-5-10(9)20-11/h8,19H,1-7H2,(H2,15,17)(H,16,18). The van der Waals surface area contributed by atoms with E-state index in [-0.39, 0.29) is 11.7 Å². The normalized spacial score (nSPS) is 20.9. The molecule has 0 aliphatic heterocycles. The summed E-state index contributed by atoms with van der Waals surface area (Å²) in [5.41, 5.74) is 6.44. The lowest BCUT2D eigenvalue weighted by atomic mass is 9.96. The van der Waals surface area contributed by atoms with E-state index in [0.717, 1.165) is 43.4 Å². The molecular weight excluding hydrogens is 274 g/mol. The van der Waals surface area contributed by atoms with Gasteiger partial charge in [-0.2, -0.15) is 0 Å². The molecule has 1 amide bonds. The summed E-state index contributed by atoms with van der Waals surface area (Å²) in [6.07, 6.45) is 6.79. The maximum Gasteiger partial charge on any atom is 0.262 e. The summed E-state index contributed by atoms with van der Waals surface area (Å²) in [7, 11) is 0. The number of carbonyl (C=O) groups excluding carboxylic acids is 1. The van der Waals surface area contributed by atoms with Crippen molar-refractivity contribution in [3.8, 4) is 0 Å². The highest BCUT2D eigenvalue weighted by Crippen LogP contribution is 2.33. The molecule has 0 atom stereocenters. The molecule has 6 heteroatoms. The quantitative estimate of drug-likeness (QED) is 0.345. The highest BCUT2D eigenvalue weighted by atomic mass is 32.1. The van der Waals surface area contributed by atoms with E-state index in [9.17, 15) is 4.79 Å². The number of nitrogens with zero attached hydrogens (tertiary/aromatic N) is 1. The largest absolute Gasteiger partial charge is 0.409 e. The van der Waals surface area contributed by atoms with E-state index in [0.29, 0.717) is 0 Å². The van der Waals surface area contributed by atoms with Gasteiger partial charge < -0.3 is 16.3 Å². The van der Waals surface area contributed by atoms with Crippen LogP contribution in [0.5, 0.6) is 0 Å². The highest BCUT2D eigenvalue weighted by molar-refractivity contribution is 7.14. The number of amidine groups is 1. The predicted octanol–water partition coefficient (Wildman–Crippen LogP) is 2.03. The molecule has 3 rings (SSSR count). The molecule has 1 aromatic rings. The number of fused-ring (bicyclic) bond motifs is 1. The molecule has 108 valence electrons. The Morgan fingerprint density at radius 3 is 2.75 bits per heavy atom. The van der Waals surface area contributed by atoms with Crippen molar-refractivity contribution in [1.29, 1.82) is 0 Å². The van der Waals surface area contributed by atoms with Crippen molar-refractivity contribution in [1.82, 2.24) is 5.32 Å².